The van der Waals surface area contributed by atoms with Gasteiger partial charge in [-0.3, -0.25) is 9.59 Å². The van der Waals surface area contributed by atoms with Crippen LogP contribution < -0.4 is 16.4 Å². The highest BCUT2D eigenvalue weighted by Gasteiger charge is 2.30. The number of H-pyrrole nitrogens is 1. The fraction of sp³-hybridized carbons (Fsp3) is 0.370. The standard InChI is InChI=1S/C27H31N7O2S/c1-27(2,3)18-7-8-20-16(10-18)9-17-12-23(37-26(17)32-20)25(36)31-21(13-28)15-5-4-6-19(11-15)30-24(35)22-14-29-34-33-22/h4-6,9,11-12,14,18,21H,7-8,10,13,28H2,1-3H3,(H,30,35)(H,31,36)(H,29,33,34)/t18-,21-/m1/s1. The summed E-state index contributed by atoms with van der Waals surface area (Å²) >= 11 is 1.41. The lowest BCUT2D eigenvalue weighted by molar-refractivity contribution is 0.0941. The summed E-state index contributed by atoms with van der Waals surface area (Å²) in [5.74, 6) is 0.0528. The van der Waals surface area contributed by atoms with E-state index in [2.05, 4.69) is 52.9 Å². The van der Waals surface area contributed by atoms with Gasteiger partial charge >= 0.3 is 0 Å². The Hall–Kier alpha value is -3.63. The zero-order valence-corrected chi connectivity index (χ0v) is 22.0. The molecule has 3 heterocycles. The number of carbonyl (C=O) groups is 2. The van der Waals surface area contributed by atoms with Crippen LogP contribution >= 0.6 is 11.3 Å². The molecule has 1 aliphatic rings. The van der Waals surface area contributed by atoms with Crippen molar-refractivity contribution in [3.05, 3.63) is 70.0 Å². The summed E-state index contributed by atoms with van der Waals surface area (Å²) in [6.45, 7) is 7.11. The molecule has 3 aromatic heterocycles. The van der Waals surface area contributed by atoms with Crippen molar-refractivity contribution in [1.29, 1.82) is 0 Å². The van der Waals surface area contributed by atoms with Crippen molar-refractivity contribution in [2.45, 2.75) is 46.1 Å². The third-order valence-electron chi connectivity index (χ3n) is 7.06. The highest BCUT2D eigenvalue weighted by Crippen LogP contribution is 2.38. The Labute approximate surface area is 219 Å². The minimum atomic E-state index is -0.421. The van der Waals surface area contributed by atoms with Crippen molar-refractivity contribution in [2.24, 2.45) is 17.1 Å². The first-order valence-corrected chi connectivity index (χ1v) is 13.2. The van der Waals surface area contributed by atoms with Crippen molar-refractivity contribution < 1.29 is 9.59 Å². The molecule has 0 saturated heterocycles. The molecule has 2 atom stereocenters. The van der Waals surface area contributed by atoms with Crippen LogP contribution in [0.1, 0.15) is 70.2 Å². The third-order valence-corrected chi connectivity index (χ3v) is 8.10. The molecule has 10 heteroatoms. The van der Waals surface area contributed by atoms with Crippen LogP contribution in [0.25, 0.3) is 10.2 Å². The number of nitrogens with zero attached hydrogens (tertiary/aromatic N) is 3. The number of benzene rings is 1. The second-order valence-corrected chi connectivity index (χ2v) is 11.6. The monoisotopic (exact) mass is 517 g/mol. The first-order valence-electron chi connectivity index (χ1n) is 12.4. The number of aromatic nitrogens is 4. The van der Waals surface area contributed by atoms with Crippen LogP contribution in [0.4, 0.5) is 5.69 Å². The molecule has 0 saturated carbocycles. The summed E-state index contributed by atoms with van der Waals surface area (Å²) in [4.78, 5) is 31.9. The van der Waals surface area contributed by atoms with Gasteiger partial charge in [0.15, 0.2) is 5.69 Å². The van der Waals surface area contributed by atoms with E-state index < -0.39 is 6.04 Å². The number of amides is 2. The van der Waals surface area contributed by atoms with Crippen molar-refractivity contribution in [3.8, 4) is 0 Å². The van der Waals surface area contributed by atoms with Crippen molar-refractivity contribution in [2.75, 3.05) is 11.9 Å². The average molecular weight is 518 g/mol. The third kappa shape index (κ3) is 5.40. The van der Waals surface area contributed by atoms with Crippen LogP contribution in [-0.4, -0.2) is 38.8 Å². The van der Waals surface area contributed by atoms with Gasteiger partial charge in [0.05, 0.1) is 17.1 Å². The number of hydrogen-bond acceptors (Lipinski definition) is 7. The number of aryl methyl sites for hydroxylation is 1. The Kier molecular flexibility index (Phi) is 6.78. The Bertz CT molecular complexity index is 1440. The van der Waals surface area contributed by atoms with E-state index in [1.807, 2.05) is 12.1 Å². The first-order chi connectivity index (χ1) is 17.7. The molecule has 192 valence electrons. The van der Waals surface area contributed by atoms with Crippen LogP contribution in [-0.2, 0) is 12.8 Å². The maximum absolute atomic E-state index is 13.2. The lowest BCUT2D eigenvalue weighted by Crippen LogP contribution is -2.33. The maximum Gasteiger partial charge on any atom is 0.277 e. The van der Waals surface area contributed by atoms with Crippen LogP contribution in [0.3, 0.4) is 0 Å². The number of nitrogens with two attached hydrogens (primary N) is 1. The molecule has 4 aromatic rings. The number of aromatic amines is 1. The number of carbonyl (C=O) groups excluding carboxylic acids is 2. The molecule has 1 aromatic carbocycles. The summed E-state index contributed by atoms with van der Waals surface area (Å²) in [6.07, 6.45) is 4.49. The van der Waals surface area contributed by atoms with Gasteiger partial charge in [-0.15, -0.1) is 11.3 Å². The second kappa shape index (κ2) is 10.0. The molecular formula is C27H31N7O2S. The van der Waals surface area contributed by atoms with E-state index in [0.717, 1.165) is 40.7 Å². The summed E-state index contributed by atoms with van der Waals surface area (Å²) in [5.41, 5.74) is 10.3. The van der Waals surface area contributed by atoms with Gasteiger partial charge in [-0.05, 0) is 66.0 Å². The number of thiophene rings is 1. The van der Waals surface area contributed by atoms with Crippen molar-refractivity contribution in [3.63, 3.8) is 0 Å². The van der Waals surface area contributed by atoms with E-state index in [1.165, 1.54) is 23.1 Å². The van der Waals surface area contributed by atoms with Gasteiger partial charge in [0.1, 0.15) is 4.83 Å². The zero-order valence-electron chi connectivity index (χ0n) is 21.2. The Morgan fingerprint density at radius 2 is 2.05 bits per heavy atom. The lowest BCUT2D eigenvalue weighted by Gasteiger charge is -2.34. The molecule has 0 fully saturated rings. The lowest BCUT2D eigenvalue weighted by atomic mass is 9.71. The van der Waals surface area contributed by atoms with E-state index in [1.54, 1.807) is 18.2 Å². The fourth-order valence-electron chi connectivity index (χ4n) is 4.82. The highest BCUT2D eigenvalue weighted by atomic mass is 32.1. The number of fused-ring (bicyclic) bond motifs is 2. The van der Waals surface area contributed by atoms with Crippen LogP contribution in [0.5, 0.6) is 0 Å². The molecule has 2 amide bonds. The highest BCUT2D eigenvalue weighted by molar-refractivity contribution is 7.20. The molecule has 0 spiro atoms. The smallest absolute Gasteiger partial charge is 0.277 e. The molecule has 5 N–H and O–H groups in total. The molecule has 0 aliphatic heterocycles. The number of pyridine rings is 1. The average Bonchev–Trinajstić information content (AvgIpc) is 3.55. The Morgan fingerprint density at radius 1 is 1.22 bits per heavy atom. The van der Waals surface area contributed by atoms with Gasteiger partial charge in [-0.25, -0.2) is 4.98 Å². The first kappa shape index (κ1) is 25.0. The summed E-state index contributed by atoms with van der Waals surface area (Å²) in [5, 5.41) is 16.7. The normalized spacial score (nSPS) is 16.3. The topological polar surface area (TPSA) is 139 Å². The predicted molar refractivity (Wildman–Crippen MR) is 145 cm³/mol. The molecule has 37 heavy (non-hydrogen) atoms. The van der Waals surface area contributed by atoms with Crippen LogP contribution in [0.15, 0.2) is 42.6 Å². The van der Waals surface area contributed by atoms with Gasteiger partial charge in [0, 0.05) is 23.3 Å². The van der Waals surface area contributed by atoms with Crippen molar-refractivity contribution in [1.82, 2.24) is 25.7 Å². The summed E-state index contributed by atoms with van der Waals surface area (Å²) < 4.78 is 0. The van der Waals surface area contributed by atoms with Crippen LogP contribution in [0.2, 0.25) is 0 Å². The van der Waals surface area contributed by atoms with Crippen LogP contribution in [0, 0.1) is 11.3 Å². The number of hydrogen-bond donors (Lipinski definition) is 4. The van der Waals surface area contributed by atoms with Gasteiger partial charge in [-0.1, -0.05) is 32.9 Å². The van der Waals surface area contributed by atoms with Gasteiger partial charge < -0.3 is 16.4 Å². The number of anilines is 1. The number of rotatable bonds is 6. The van der Waals surface area contributed by atoms with Gasteiger partial charge in [-0.2, -0.15) is 15.4 Å². The Morgan fingerprint density at radius 3 is 2.78 bits per heavy atom. The quantitative estimate of drug-likeness (QED) is 0.302. The van der Waals surface area contributed by atoms with E-state index in [9.17, 15) is 9.59 Å². The van der Waals surface area contributed by atoms with E-state index in [4.69, 9.17) is 10.7 Å². The van der Waals surface area contributed by atoms with E-state index in [0.29, 0.717) is 16.5 Å². The molecule has 0 radical (unpaired) electrons. The fourth-order valence-corrected chi connectivity index (χ4v) is 5.76. The minimum absolute atomic E-state index is 0.183. The molecular weight excluding hydrogens is 486 g/mol. The Balaban J connectivity index is 1.31. The molecule has 1 aliphatic carbocycles. The summed E-state index contributed by atoms with van der Waals surface area (Å²) in [7, 11) is 0. The number of nitrogens with one attached hydrogen (secondary N) is 3. The zero-order chi connectivity index (χ0) is 26.2. The van der Waals surface area contributed by atoms with E-state index in [-0.39, 0.29) is 29.5 Å². The maximum atomic E-state index is 13.2. The summed E-state index contributed by atoms with van der Waals surface area (Å²) in [6, 6.07) is 10.9. The molecule has 0 unspecified atom stereocenters. The van der Waals surface area contributed by atoms with Gasteiger partial charge in [0.2, 0.25) is 0 Å². The van der Waals surface area contributed by atoms with E-state index >= 15 is 0 Å². The molecule has 0 bridgehead atoms. The SMILES string of the molecule is CC(C)(C)[C@@H]1CCc2nc3sc(C(=O)N[C@H](CN)c4cccc(NC(=O)c5cn[nH]n5)c4)cc3cc2C1. The van der Waals surface area contributed by atoms with Crippen molar-refractivity contribution >= 4 is 39.1 Å². The predicted octanol–water partition coefficient (Wildman–Crippen LogP) is 4.25. The molecule has 9 nitrogen and oxygen atoms in total. The second-order valence-electron chi connectivity index (χ2n) is 10.6. The molecule has 5 rings (SSSR count). The van der Waals surface area contributed by atoms with Gasteiger partial charge in [0.25, 0.3) is 11.8 Å². The largest absolute Gasteiger partial charge is 0.343 e. The minimum Gasteiger partial charge on any atom is -0.343 e.